The van der Waals surface area contributed by atoms with Gasteiger partial charge < -0.3 is 10.1 Å². The molecule has 1 N–H and O–H groups in total. The summed E-state index contributed by atoms with van der Waals surface area (Å²) in [6, 6.07) is 7.32. The van der Waals surface area contributed by atoms with Gasteiger partial charge in [0.05, 0.1) is 0 Å². The quantitative estimate of drug-likeness (QED) is 0.740. The lowest BCUT2D eigenvalue weighted by Crippen LogP contribution is -2.42. The van der Waals surface area contributed by atoms with E-state index in [0.29, 0.717) is 0 Å². The van der Waals surface area contributed by atoms with E-state index in [1.165, 1.54) is 0 Å². The molecule has 0 saturated heterocycles. The smallest absolute Gasteiger partial charge is 0.223 e. The summed E-state index contributed by atoms with van der Waals surface area (Å²) in [6.07, 6.45) is 1.75. The zero-order chi connectivity index (χ0) is 11.5. The van der Waals surface area contributed by atoms with Crippen molar-refractivity contribution in [3.05, 3.63) is 24.3 Å². The highest BCUT2D eigenvalue weighted by Gasteiger charge is 2.35. The van der Waals surface area contributed by atoms with E-state index in [1.54, 1.807) is 7.05 Å². The van der Waals surface area contributed by atoms with Crippen molar-refractivity contribution in [1.82, 2.24) is 5.32 Å². The van der Waals surface area contributed by atoms with Crippen LogP contribution in [0.3, 0.4) is 0 Å². The first-order chi connectivity index (χ1) is 7.69. The molecule has 1 aromatic rings. The monoisotopic (exact) mass is 215 g/mol. The fraction of sp³-hybridized carbons (Fsp3) is 0.417. The van der Waals surface area contributed by atoms with Gasteiger partial charge in [-0.3, -0.25) is 4.79 Å². The highest BCUT2D eigenvalue weighted by molar-refractivity contribution is 6.32. The molecule has 0 bridgehead atoms. The molecular formula is C12H14BNO2. The van der Waals surface area contributed by atoms with Crippen LogP contribution in [0.5, 0.6) is 5.75 Å². The third kappa shape index (κ3) is 2.38. The minimum atomic E-state index is 0.108. The van der Waals surface area contributed by atoms with Crippen molar-refractivity contribution in [3.63, 3.8) is 0 Å². The summed E-state index contributed by atoms with van der Waals surface area (Å²) in [7, 11) is 7.24. The molecule has 0 unspecified atom stereocenters. The molecule has 1 aliphatic carbocycles. The molecule has 1 aromatic carbocycles. The van der Waals surface area contributed by atoms with Gasteiger partial charge >= 0.3 is 0 Å². The summed E-state index contributed by atoms with van der Waals surface area (Å²) in [5, 5.41) is 2.65. The second kappa shape index (κ2) is 4.60. The lowest BCUT2D eigenvalue weighted by atomic mass is 9.81. The highest BCUT2D eigenvalue weighted by Crippen LogP contribution is 2.31. The Morgan fingerprint density at radius 3 is 2.56 bits per heavy atom. The molecule has 0 heterocycles. The standard InChI is InChI=1S/C12H14BNO2/c1-14-12(15)8-6-11(7-8)16-10-4-2-9(13)3-5-10/h2-5,8,11H,6-7H2,1H3,(H,14,15). The van der Waals surface area contributed by atoms with Gasteiger partial charge in [-0.2, -0.15) is 0 Å². The summed E-state index contributed by atoms with van der Waals surface area (Å²) in [4.78, 5) is 11.3. The van der Waals surface area contributed by atoms with Crippen LogP contribution in [-0.4, -0.2) is 26.9 Å². The molecule has 2 radical (unpaired) electrons. The van der Waals surface area contributed by atoms with E-state index in [0.717, 1.165) is 24.1 Å². The molecule has 1 fully saturated rings. The van der Waals surface area contributed by atoms with Crippen LogP contribution in [0.2, 0.25) is 0 Å². The minimum absolute atomic E-state index is 0.108. The molecule has 1 saturated carbocycles. The predicted octanol–water partition coefficient (Wildman–Crippen LogP) is 0.384. The fourth-order valence-corrected chi connectivity index (χ4v) is 1.82. The Balaban J connectivity index is 1.81. The van der Waals surface area contributed by atoms with Crippen molar-refractivity contribution in [2.24, 2.45) is 5.92 Å². The number of benzene rings is 1. The molecule has 0 atom stereocenters. The second-order valence-electron chi connectivity index (χ2n) is 4.09. The van der Waals surface area contributed by atoms with Crippen LogP contribution in [0.4, 0.5) is 0 Å². The van der Waals surface area contributed by atoms with Crippen LogP contribution in [0.15, 0.2) is 24.3 Å². The van der Waals surface area contributed by atoms with Gasteiger partial charge in [0, 0.05) is 13.0 Å². The van der Waals surface area contributed by atoms with Gasteiger partial charge in [0.15, 0.2) is 0 Å². The van der Waals surface area contributed by atoms with Crippen molar-refractivity contribution in [1.29, 1.82) is 0 Å². The Bertz CT molecular complexity index is 371. The molecule has 1 aliphatic rings. The zero-order valence-electron chi connectivity index (χ0n) is 9.27. The molecule has 0 aromatic heterocycles. The molecular weight excluding hydrogens is 201 g/mol. The van der Waals surface area contributed by atoms with Crippen LogP contribution in [0, 0.1) is 5.92 Å². The van der Waals surface area contributed by atoms with E-state index < -0.39 is 0 Å². The minimum Gasteiger partial charge on any atom is -0.490 e. The number of rotatable bonds is 3. The summed E-state index contributed by atoms with van der Waals surface area (Å²) in [5.74, 6) is 1.04. The zero-order valence-corrected chi connectivity index (χ0v) is 9.27. The molecule has 3 nitrogen and oxygen atoms in total. The molecule has 0 spiro atoms. The number of hydrogen-bond donors (Lipinski definition) is 1. The number of carbonyl (C=O) groups excluding carboxylic acids is 1. The lowest BCUT2D eigenvalue weighted by Gasteiger charge is -2.34. The third-order valence-electron chi connectivity index (χ3n) is 2.89. The molecule has 82 valence electrons. The van der Waals surface area contributed by atoms with Gasteiger partial charge in [-0.1, -0.05) is 17.6 Å². The molecule has 1 amide bonds. The van der Waals surface area contributed by atoms with Crippen LogP contribution in [-0.2, 0) is 4.79 Å². The number of amides is 1. The van der Waals surface area contributed by atoms with E-state index in [-0.39, 0.29) is 17.9 Å². The Kier molecular flexibility index (Phi) is 3.18. The fourth-order valence-electron chi connectivity index (χ4n) is 1.82. The van der Waals surface area contributed by atoms with E-state index in [9.17, 15) is 4.79 Å². The van der Waals surface area contributed by atoms with Crippen LogP contribution >= 0.6 is 0 Å². The van der Waals surface area contributed by atoms with E-state index in [2.05, 4.69) is 5.32 Å². The van der Waals surface area contributed by atoms with Crippen molar-refractivity contribution in [2.45, 2.75) is 18.9 Å². The van der Waals surface area contributed by atoms with E-state index >= 15 is 0 Å². The third-order valence-corrected chi connectivity index (χ3v) is 2.89. The summed E-state index contributed by atoms with van der Waals surface area (Å²) in [5.41, 5.74) is 0.726. The first-order valence-corrected chi connectivity index (χ1v) is 5.43. The normalized spacial score (nSPS) is 23.3. The molecule has 0 aliphatic heterocycles. The Hall–Kier alpha value is -1.45. The van der Waals surface area contributed by atoms with Crippen LogP contribution in [0.25, 0.3) is 0 Å². The summed E-state index contributed by atoms with van der Waals surface area (Å²) >= 11 is 0. The SMILES string of the molecule is [B]c1ccc(OC2CC(C(=O)NC)C2)cc1. The topological polar surface area (TPSA) is 38.3 Å². The first-order valence-electron chi connectivity index (χ1n) is 5.43. The van der Waals surface area contributed by atoms with E-state index in [1.807, 2.05) is 24.3 Å². The van der Waals surface area contributed by atoms with Gasteiger partial charge in [-0.25, -0.2) is 0 Å². The average molecular weight is 215 g/mol. The van der Waals surface area contributed by atoms with Gasteiger partial charge in [0.2, 0.25) is 5.91 Å². The average Bonchev–Trinajstić information content (AvgIpc) is 2.24. The maximum Gasteiger partial charge on any atom is 0.223 e. The van der Waals surface area contributed by atoms with Crippen molar-refractivity contribution < 1.29 is 9.53 Å². The number of nitrogens with one attached hydrogen (secondary N) is 1. The number of hydrogen-bond acceptors (Lipinski definition) is 2. The summed E-state index contributed by atoms with van der Waals surface area (Å²) in [6.45, 7) is 0. The van der Waals surface area contributed by atoms with Gasteiger partial charge in [-0.05, 0) is 25.0 Å². The second-order valence-corrected chi connectivity index (χ2v) is 4.09. The van der Waals surface area contributed by atoms with E-state index in [4.69, 9.17) is 12.6 Å². The van der Waals surface area contributed by atoms with Crippen molar-refractivity contribution >= 4 is 19.2 Å². The van der Waals surface area contributed by atoms with Crippen LogP contribution < -0.4 is 15.5 Å². The van der Waals surface area contributed by atoms with Crippen molar-refractivity contribution in [2.75, 3.05) is 7.05 Å². The maximum atomic E-state index is 11.3. The van der Waals surface area contributed by atoms with Gasteiger partial charge in [-0.15, -0.1) is 0 Å². The number of carbonyl (C=O) groups is 1. The molecule has 16 heavy (non-hydrogen) atoms. The molecule has 4 heteroatoms. The highest BCUT2D eigenvalue weighted by atomic mass is 16.5. The first kappa shape index (κ1) is 11.1. The Morgan fingerprint density at radius 1 is 1.38 bits per heavy atom. The molecule has 2 rings (SSSR count). The maximum absolute atomic E-state index is 11.3. The Labute approximate surface area is 96.6 Å². The largest absolute Gasteiger partial charge is 0.490 e. The summed E-state index contributed by atoms with van der Waals surface area (Å²) < 4.78 is 5.69. The predicted molar refractivity (Wildman–Crippen MR) is 63.0 cm³/mol. The lowest BCUT2D eigenvalue weighted by molar-refractivity contribution is -0.130. The van der Waals surface area contributed by atoms with Crippen LogP contribution in [0.1, 0.15) is 12.8 Å². The van der Waals surface area contributed by atoms with Gasteiger partial charge in [0.25, 0.3) is 0 Å². The van der Waals surface area contributed by atoms with Crippen molar-refractivity contribution in [3.8, 4) is 5.75 Å². The number of ether oxygens (including phenoxy) is 1. The Morgan fingerprint density at radius 2 is 2.00 bits per heavy atom. The van der Waals surface area contributed by atoms with Gasteiger partial charge in [0.1, 0.15) is 19.7 Å².